The summed E-state index contributed by atoms with van der Waals surface area (Å²) in [5, 5.41) is 11.5. The van der Waals surface area contributed by atoms with E-state index < -0.39 is 17.8 Å². The summed E-state index contributed by atoms with van der Waals surface area (Å²) < 4.78 is 42.6. The fraction of sp³-hybridized carbons (Fsp3) is 0.500. The first-order valence-electron chi connectivity index (χ1n) is 4.87. The van der Waals surface area contributed by atoms with Crippen LogP contribution in [0.2, 0.25) is 0 Å². The lowest BCUT2D eigenvalue weighted by Gasteiger charge is -2.19. The maximum absolute atomic E-state index is 12.6. The van der Waals surface area contributed by atoms with Gasteiger partial charge in [0, 0.05) is 13.3 Å². The number of aliphatic hydroxyl groups excluding tert-OH is 1. The molecule has 1 atom stereocenters. The number of halogens is 3. The van der Waals surface area contributed by atoms with Crippen LogP contribution < -0.4 is 5.32 Å². The molecule has 0 aliphatic heterocycles. The Labute approximate surface area is 96.4 Å². The lowest BCUT2D eigenvalue weighted by atomic mass is 10.2. The number of aromatic nitrogens is 1. The van der Waals surface area contributed by atoms with Crippen molar-refractivity contribution in [3.05, 3.63) is 23.9 Å². The number of methoxy groups -OCH3 is 1. The van der Waals surface area contributed by atoms with Crippen LogP contribution in [-0.2, 0) is 10.9 Å². The Bertz CT molecular complexity index is 358. The van der Waals surface area contributed by atoms with Gasteiger partial charge in [-0.3, -0.25) is 0 Å². The predicted molar refractivity (Wildman–Crippen MR) is 55.6 cm³/mol. The third kappa shape index (κ3) is 3.86. The number of rotatable bonds is 5. The van der Waals surface area contributed by atoms with E-state index in [-0.39, 0.29) is 19.0 Å². The van der Waals surface area contributed by atoms with Crippen LogP contribution >= 0.6 is 0 Å². The molecule has 1 unspecified atom stereocenters. The molecule has 1 rings (SSSR count). The maximum Gasteiger partial charge on any atom is 0.419 e. The predicted octanol–water partition coefficient (Wildman–Crippen LogP) is 1.52. The Morgan fingerprint density at radius 3 is 2.76 bits per heavy atom. The molecule has 17 heavy (non-hydrogen) atoms. The highest BCUT2D eigenvalue weighted by Crippen LogP contribution is 2.33. The fourth-order valence-corrected chi connectivity index (χ4v) is 1.28. The van der Waals surface area contributed by atoms with E-state index in [1.807, 2.05) is 0 Å². The minimum atomic E-state index is -4.48. The quantitative estimate of drug-likeness (QED) is 0.832. The van der Waals surface area contributed by atoms with E-state index in [9.17, 15) is 13.2 Å². The Balaban J connectivity index is 2.90. The normalized spacial score (nSPS) is 13.5. The topological polar surface area (TPSA) is 54.4 Å². The van der Waals surface area contributed by atoms with Crippen molar-refractivity contribution in [3.63, 3.8) is 0 Å². The third-order valence-corrected chi connectivity index (χ3v) is 2.04. The van der Waals surface area contributed by atoms with Crippen LogP contribution in [0.4, 0.5) is 19.0 Å². The average Bonchev–Trinajstić information content (AvgIpc) is 2.27. The van der Waals surface area contributed by atoms with E-state index in [4.69, 9.17) is 9.84 Å². The molecule has 0 saturated heterocycles. The van der Waals surface area contributed by atoms with Crippen molar-refractivity contribution < 1.29 is 23.0 Å². The maximum atomic E-state index is 12.6. The fourth-order valence-electron chi connectivity index (χ4n) is 1.28. The van der Waals surface area contributed by atoms with Gasteiger partial charge in [-0.15, -0.1) is 0 Å². The Hall–Kier alpha value is -1.34. The van der Waals surface area contributed by atoms with E-state index in [2.05, 4.69) is 10.3 Å². The van der Waals surface area contributed by atoms with Crippen molar-refractivity contribution in [1.29, 1.82) is 0 Å². The Kier molecular flexibility index (Phi) is 4.71. The van der Waals surface area contributed by atoms with Gasteiger partial charge < -0.3 is 15.2 Å². The molecule has 1 aromatic rings. The summed E-state index contributed by atoms with van der Waals surface area (Å²) in [4.78, 5) is 3.62. The minimum Gasteiger partial charge on any atom is -0.394 e. The van der Waals surface area contributed by atoms with Crippen LogP contribution in [0.5, 0.6) is 0 Å². The van der Waals surface area contributed by atoms with Crippen molar-refractivity contribution in [3.8, 4) is 0 Å². The molecule has 1 heterocycles. The molecule has 4 nitrogen and oxygen atoms in total. The first kappa shape index (κ1) is 13.7. The Morgan fingerprint density at radius 1 is 1.53 bits per heavy atom. The molecule has 7 heteroatoms. The van der Waals surface area contributed by atoms with Gasteiger partial charge in [0.2, 0.25) is 0 Å². The molecular weight excluding hydrogens is 237 g/mol. The van der Waals surface area contributed by atoms with Gasteiger partial charge in [0.15, 0.2) is 0 Å². The average molecular weight is 250 g/mol. The first-order chi connectivity index (χ1) is 7.99. The van der Waals surface area contributed by atoms with Gasteiger partial charge >= 0.3 is 6.18 Å². The van der Waals surface area contributed by atoms with Gasteiger partial charge in [-0.1, -0.05) is 0 Å². The zero-order chi connectivity index (χ0) is 12.9. The van der Waals surface area contributed by atoms with E-state index in [0.717, 1.165) is 6.07 Å². The molecule has 0 aromatic carbocycles. The van der Waals surface area contributed by atoms with Gasteiger partial charge in [0.05, 0.1) is 24.8 Å². The molecule has 0 fully saturated rings. The smallest absolute Gasteiger partial charge is 0.394 e. The molecule has 0 aliphatic carbocycles. The van der Waals surface area contributed by atoms with Gasteiger partial charge in [0.25, 0.3) is 0 Å². The number of nitrogens with zero attached hydrogens (tertiary/aromatic N) is 1. The summed E-state index contributed by atoms with van der Waals surface area (Å²) in [6.45, 7) is -0.258. The summed E-state index contributed by atoms with van der Waals surface area (Å²) in [5.41, 5.74) is -0.866. The van der Waals surface area contributed by atoms with E-state index in [0.29, 0.717) is 0 Å². The molecule has 0 aliphatic rings. The molecule has 0 spiro atoms. The second-order valence-electron chi connectivity index (χ2n) is 3.38. The summed E-state index contributed by atoms with van der Waals surface area (Å²) in [7, 11) is 1.40. The largest absolute Gasteiger partial charge is 0.419 e. The lowest BCUT2D eigenvalue weighted by Crippen LogP contribution is -2.30. The highest BCUT2D eigenvalue weighted by Gasteiger charge is 2.34. The second-order valence-corrected chi connectivity index (χ2v) is 3.38. The second kappa shape index (κ2) is 5.83. The van der Waals surface area contributed by atoms with Crippen LogP contribution in [0.15, 0.2) is 18.3 Å². The van der Waals surface area contributed by atoms with Crippen LogP contribution in [-0.4, -0.2) is 36.5 Å². The first-order valence-corrected chi connectivity index (χ1v) is 4.87. The Morgan fingerprint density at radius 2 is 2.24 bits per heavy atom. The van der Waals surface area contributed by atoms with Crippen LogP contribution in [0.1, 0.15) is 5.56 Å². The monoisotopic (exact) mass is 250 g/mol. The van der Waals surface area contributed by atoms with Crippen LogP contribution in [0.25, 0.3) is 0 Å². The van der Waals surface area contributed by atoms with Crippen molar-refractivity contribution >= 4 is 5.82 Å². The van der Waals surface area contributed by atoms with E-state index >= 15 is 0 Å². The number of hydrogen-bond donors (Lipinski definition) is 2. The lowest BCUT2D eigenvalue weighted by molar-refractivity contribution is -0.137. The SMILES string of the molecule is COCC(CO)Nc1ncccc1C(F)(F)F. The number of nitrogens with one attached hydrogen (secondary N) is 1. The van der Waals surface area contributed by atoms with Crippen molar-refractivity contribution in [2.45, 2.75) is 12.2 Å². The summed E-state index contributed by atoms with van der Waals surface area (Å²) >= 11 is 0. The third-order valence-electron chi connectivity index (χ3n) is 2.04. The van der Waals surface area contributed by atoms with Crippen LogP contribution in [0, 0.1) is 0 Å². The van der Waals surface area contributed by atoms with Gasteiger partial charge in [-0.25, -0.2) is 4.98 Å². The van der Waals surface area contributed by atoms with E-state index in [1.165, 1.54) is 19.4 Å². The van der Waals surface area contributed by atoms with Crippen molar-refractivity contribution in [2.75, 3.05) is 25.6 Å². The van der Waals surface area contributed by atoms with Crippen LogP contribution in [0.3, 0.4) is 0 Å². The minimum absolute atomic E-state index is 0.0877. The molecule has 0 saturated carbocycles. The van der Waals surface area contributed by atoms with Gasteiger partial charge in [-0.05, 0) is 12.1 Å². The zero-order valence-electron chi connectivity index (χ0n) is 9.16. The zero-order valence-corrected chi connectivity index (χ0v) is 9.16. The highest BCUT2D eigenvalue weighted by molar-refractivity contribution is 5.46. The molecule has 1 aromatic heterocycles. The summed E-state index contributed by atoms with van der Waals surface area (Å²) in [6, 6.07) is 1.51. The highest BCUT2D eigenvalue weighted by atomic mass is 19.4. The van der Waals surface area contributed by atoms with Gasteiger partial charge in [-0.2, -0.15) is 13.2 Å². The number of anilines is 1. The number of hydrogen-bond acceptors (Lipinski definition) is 4. The number of alkyl halides is 3. The van der Waals surface area contributed by atoms with Crippen molar-refractivity contribution in [1.82, 2.24) is 4.98 Å². The standard InChI is InChI=1S/C10H13F3N2O2/c1-17-6-7(5-16)15-9-8(10(11,12)13)3-2-4-14-9/h2-4,7,16H,5-6H2,1H3,(H,14,15). The molecular formula is C10H13F3N2O2. The number of ether oxygens (including phenoxy) is 1. The van der Waals surface area contributed by atoms with Crippen molar-refractivity contribution in [2.24, 2.45) is 0 Å². The molecule has 0 radical (unpaired) electrons. The molecule has 96 valence electrons. The molecule has 0 bridgehead atoms. The van der Waals surface area contributed by atoms with Gasteiger partial charge in [0.1, 0.15) is 5.82 Å². The summed E-state index contributed by atoms with van der Waals surface area (Å²) in [5.74, 6) is -0.309. The van der Waals surface area contributed by atoms with E-state index in [1.54, 1.807) is 0 Å². The number of aliphatic hydroxyl groups is 1. The number of pyridine rings is 1. The summed E-state index contributed by atoms with van der Waals surface area (Å²) in [6.07, 6.45) is -3.23. The molecule has 2 N–H and O–H groups in total. The molecule has 0 amide bonds.